The van der Waals surface area contributed by atoms with Crippen LogP contribution >= 0.6 is 0 Å². The maximum absolute atomic E-state index is 11.4. The van der Waals surface area contributed by atoms with Gasteiger partial charge in [0.05, 0.1) is 27.3 Å². The first-order valence-electron chi connectivity index (χ1n) is 6.38. The van der Waals surface area contributed by atoms with Crippen molar-refractivity contribution in [1.82, 2.24) is 4.90 Å². The molecular formula is C15H21NO4. The molecule has 1 rings (SSSR count). The van der Waals surface area contributed by atoms with Gasteiger partial charge in [-0.25, -0.2) is 0 Å². The molecule has 0 bridgehead atoms. The van der Waals surface area contributed by atoms with E-state index >= 15 is 0 Å². The highest BCUT2D eigenvalue weighted by Crippen LogP contribution is 2.13. The van der Waals surface area contributed by atoms with Gasteiger partial charge in [-0.1, -0.05) is 23.8 Å². The Morgan fingerprint density at radius 2 is 1.60 bits per heavy atom. The quantitative estimate of drug-likeness (QED) is 0.738. The first kappa shape index (κ1) is 16.2. The van der Waals surface area contributed by atoms with E-state index in [2.05, 4.69) is 15.5 Å². The number of aryl methyl sites for hydroxylation is 2. The average molecular weight is 279 g/mol. The number of hydrogen-bond acceptors (Lipinski definition) is 5. The zero-order valence-electron chi connectivity index (χ0n) is 12.4. The van der Waals surface area contributed by atoms with Crippen molar-refractivity contribution >= 4 is 11.9 Å². The minimum Gasteiger partial charge on any atom is -0.468 e. The molecule has 0 radical (unpaired) electrons. The summed E-state index contributed by atoms with van der Waals surface area (Å²) in [5.41, 5.74) is 3.34. The van der Waals surface area contributed by atoms with Crippen molar-refractivity contribution < 1.29 is 19.1 Å². The summed E-state index contributed by atoms with van der Waals surface area (Å²) in [6, 6.07) is 6.11. The van der Waals surface area contributed by atoms with Crippen LogP contribution in [0.15, 0.2) is 18.2 Å². The van der Waals surface area contributed by atoms with Gasteiger partial charge in [-0.2, -0.15) is 0 Å². The van der Waals surface area contributed by atoms with E-state index in [1.807, 2.05) is 26.0 Å². The van der Waals surface area contributed by atoms with Gasteiger partial charge >= 0.3 is 11.9 Å². The van der Waals surface area contributed by atoms with E-state index in [9.17, 15) is 9.59 Å². The summed E-state index contributed by atoms with van der Waals surface area (Å²) in [7, 11) is 2.66. The summed E-state index contributed by atoms with van der Waals surface area (Å²) in [6.07, 6.45) is 0. The van der Waals surface area contributed by atoms with Gasteiger partial charge in [0.1, 0.15) is 0 Å². The largest absolute Gasteiger partial charge is 0.468 e. The van der Waals surface area contributed by atoms with Crippen LogP contribution in [0.1, 0.15) is 16.7 Å². The van der Waals surface area contributed by atoms with E-state index in [4.69, 9.17) is 0 Å². The molecule has 0 N–H and O–H groups in total. The van der Waals surface area contributed by atoms with Gasteiger partial charge in [0.15, 0.2) is 0 Å². The van der Waals surface area contributed by atoms with Crippen molar-refractivity contribution in [1.29, 1.82) is 0 Å². The fourth-order valence-electron chi connectivity index (χ4n) is 1.87. The van der Waals surface area contributed by atoms with Crippen LogP contribution in [0.5, 0.6) is 0 Å². The predicted octanol–water partition coefficient (Wildman–Crippen LogP) is 1.45. The molecule has 0 fully saturated rings. The van der Waals surface area contributed by atoms with Gasteiger partial charge in [0, 0.05) is 6.54 Å². The molecule has 0 heterocycles. The molecule has 0 saturated heterocycles. The second-order valence-corrected chi connectivity index (χ2v) is 4.73. The maximum Gasteiger partial charge on any atom is 0.319 e. The van der Waals surface area contributed by atoms with E-state index in [0.29, 0.717) is 6.54 Å². The van der Waals surface area contributed by atoms with E-state index in [-0.39, 0.29) is 25.0 Å². The van der Waals surface area contributed by atoms with Gasteiger partial charge in [-0.15, -0.1) is 0 Å². The SMILES string of the molecule is COC(=O)CN(CC(=O)OC)Cc1cc(C)ccc1C. The number of carbonyl (C=O) groups is 2. The van der Waals surface area contributed by atoms with Crippen LogP contribution in [-0.4, -0.2) is 44.1 Å². The van der Waals surface area contributed by atoms with Crippen LogP contribution in [0.2, 0.25) is 0 Å². The molecule has 0 aliphatic heterocycles. The minimum atomic E-state index is -0.376. The number of benzene rings is 1. The van der Waals surface area contributed by atoms with E-state index in [0.717, 1.165) is 16.7 Å². The lowest BCUT2D eigenvalue weighted by Gasteiger charge is -2.21. The molecule has 20 heavy (non-hydrogen) atoms. The smallest absolute Gasteiger partial charge is 0.319 e. The van der Waals surface area contributed by atoms with E-state index in [1.54, 1.807) is 4.90 Å². The Kier molecular flexibility index (Phi) is 6.18. The summed E-state index contributed by atoms with van der Waals surface area (Å²) in [6.45, 7) is 4.62. The Labute approximate surface area is 119 Å². The van der Waals surface area contributed by atoms with Crippen LogP contribution in [0.25, 0.3) is 0 Å². The standard InChI is InChI=1S/C15H21NO4/c1-11-5-6-12(2)13(7-11)8-16(9-14(17)19-3)10-15(18)20-4/h5-7H,8-10H2,1-4H3. The number of hydrogen-bond donors (Lipinski definition) is 0. The Balaban J connectivity index is 2.84. The highest BCUT2D eigenvalue weighted by Gasteiger charge is 2.16. The number of nitrogens with zero attached hydrogens (tertiary/aromatic N) is 1. The lowest BCUT2D eigenvalue weighted by Crippen LogP contribution is -2.35. The molecule has 0 amide bonds. The van der Waals surface area contributed by atoms with Crippen molar-refractivity contribution in [2.75, 3.05) is 27.3 Å². The molecule has 0 spiro atoms. The van der Waals surface area contributed by atoms with Crippen molar-refractivity contribution in [3.8, 4) is 0 Å². The van der Waals surface area contributed by atoms with Crippen molar-refractivity contribution in [3.63, 3.8) is 0 Å². The molecule has 0 atom stereocenters. The Morgan fingerprint density at radius 1 is 1.05 bits per heavy atom. The normalized spacial score (nSPS) is 10.4. The fraction of sp³-hybridized carbons (Fsp3) is 0.467. The molecule has 0 unspecified atom stereocenters. The van der Waals surface area contributed by atoms with Crippen molar-refractivity contribution in [2.24, 2.45) is 0 Å². The van der Waals surface area contributed by atoms with Crippen LogP contribution in [0.4, 0.5) is 0 Å². The van der Waals surface area contributed by atoms with Gasteiger partial charge in [-0.3, -0.25) is 14.5 Å². The van der Waals surface area contributed by atoms with Gasteiger partial charge < -0.3 is 9.47 Å². The lowest BCUT2D eigenvalue weighted by molar-refractivity contribution is -0.145. The first-order chi connectivity index (χ1) is 9.46. The number of rotatable bonds is 6. The van der Waals surface area contributed by atoms with Gasteiger partial charge in [-0.05, 0) is 25.0 Å². The molecule has 5 heteroatoms. The third kappa shape index (κ3) is 5.01. The molecule has 1 aromatic rings. The molecule has 5 nitrogen and oxygen atoms in total. The summed E-state index contributed by atoms with van der Waals surface area (Å²) in [5, 5.41) is 0. The summed E-state index contributed by atoms with van der Waals surface area (Å²) in [5.74, 6) is -0.751. The van der Waals surface area contributed by atoms with Crippen LogP contribution in [0, 0.1) is 13.8 Å². The van der Waals surface area contributed by atoms with Crippen LogP contribution < -0.4 is 0 Å². The molecule has 110 valence electrons. The van der Waals surface area contributed by atoms with Crippen LogP contribution in [0.3, 0.4) is 0 Å². The van der Waals surface area contributed by atoms with Crippen molar-refractivity contribution in [2.45, 2.75) is 20.4 Å². The zero-order valence-corrected chi connectivity index (χ0v) is 12.4. The molecular weight excluding hydrogens is 258 g/mol. The Bertz CT molecular complexity index is 467. The second kappa shape index (κ2) is 7.65. The summed E-state index contributed by atoms with van der Waals surface area (Å²) >= 11 is 0. The number of methoxy groups -OCH3 is 2. The van der Waals surface area contributed by atoms with Gasteiger partial charge in [0.2, 0.25) is 0 Å². The first-order valence-corrected chi connectivity index (χ1v) is 6.38. The zero-order chi connectivity index (χ0) is 15.1. The molecule has 0 saturated carbocycles. The summed E-state index contributed by atoms with van der Waals surface area (Å²) < 4.78 is 9.31. The maximum atomic E-state index is 11.4. The molecule has 0 aliphatic rings. The highest BCUT2D eigenvalue weighted by molar-refractivity contribution is 5.74. The Hall–Kier alpha value is -1.88. The lowest BCUT2D eigenvalue weighted by atomic mass is 10.1. The van der Waals surface area contributed by atoms with Gasteiger partial charge in [0.25, 0.3) is 0 Å². The third-order valence-corrected chi connectivity index (χ3v) is 3.06. The number of carbonyl (C=O) groups excluding carboxylic acids is 2. The molecule has 0 aliphatic carbocycles. The second-order valence-electron chi connectivity index (χ2n) is 4.73. The number of ether oxygens (including phenoxy) is 2. The summed E-state index contributed by atoms with van der Waals surface area (Å²) in [4.78, 5) is 24.5. The predicted molar refractivity (Wildman–Crippen MR) is 75.2 cm³/mol. The fourth-order valence-corrected chi connectivity index (χ4v) is 1.87. The third-order valence-electron chi connectivity index (χ3n) is 3.06. The minimum absolute atomic E-state index is 0.0545. The van der Waals surface area contributed by atoms with Crippen molar-refractivity contribution in [3.05, 3.63) is 34.9 Å². The van der Waals surface area contributed by atoms with E-state index < -0.39 is 0 Å². The average Bonchev–Trinajstić information content (AvgIpc) is 2.42. The van der Waals surface area contributed by atoms with Crippen LogP contribution in [-0.2, 0) is 25.6 Å². The molecule has 0 aromatic heterocycles. The monoisotopic (exact) mass is 279 g/mol. The van der Waals surface area contributed by atoms with E-state index in [1.165, 1.54) is 14.2 Å². The topological polar surface area (TPSA) is 55.8 Å². The Morgan fingerprint density at radius 3 is 2.10 bits per heavy atom. The molecule has 1 aromatic carbocycles. The highest BCUT2D eigenvalue weighted by atomic mass is 16.5. The number of esters is 2.